The summed E-state index contributed by atoms with van der Waals surface area (Å²) in [4.78, 5) is 27.5. The van der Waals surface area contributed by atoms with E-state index in [1.165, 1.54) is 12.7 Å². The minimum absolute atomic E-state index is 0.268. The normalized spacial score (nSPS) is 10.5. The number of aromatic nitrogens is 1. The number of aromatic amines is 1. The Hall–Kier alpha value is -2.56. The Labute approximate surface area is 136 Å². The van der Waals surface area contributed by atoms with E-state index in [1.807, 2.05) is 39.0 Å². The highest BCUT2D eigenvalue weighted by atomic mass is 16.5. The summed E-state index contributed by atoms with van der Waals surface area (Å²) in [5.74, 6) is -0.698. The summed E-state index contributed by atoms with van der Waals surface area (Å²) in [6, 6.07) is 5.75. The number of benzene rings is 1. The molecule has 0 spiro atoms. The van der Waals surface area contributed by atoms with Gasteiger partial charge < -0.3 is 15.0 Å². The lowest BCUT2D eigenvalue weighted by Crippen LogP contribution is -2.14. The molecular formula is C18H22N2O3. The third-order valence-electron chi connectivity index (χ3n) is 4.06. The number of hydrogen-bond acceptors (Lipinski definition) is 3. The molecular weight excluding hydrogens is 292 g/mol. The van der Waals surface area contributed by atoms with E-state index in [0.717, 1.165) is 11.3 Å². The van der Waals surface area contributed by atoms with Gasteiger partial charge in [-0.05, 0) is 56.0 Å². The maximum absolute atomic E-state index is 12.5. The van der Waals surface area contributed by atoms with Crippen molar-refractivity contribution in [3.63, 3.8) is 0 Å². The van der Waals surface area contributed by atoms with Crippen LogP contribution in [0.15, 0.2) is 18.2 Å². The molecule has 2 rings (SSSR count). The number of esters is 1. The zero-order valence-corrected chi connectivity index (χ0v) is 14.2. The molecule has 0 atom stereocenters. The molecule has 1 aromatic heterocycles. The number of aryl methyl sites for hydroxylation is 3. The van der Waals surface area contributed by atoms with Crippen molar-refractivity contribution < 1.29 is 14.3 Å². The molecule has 5 nitrogen and oxygen atoms in total. The van der Waals surface area contributed by atoms with Crippen LogP contribution in [-0.4, -0.2) is 24.0 Å². The molecule has 122 valence electrons. The number of carbonyl (C=O) groups is 2. The average molecular weight is 314 g/mol. The summed E-state index contributed by atoms with van der Waals surface area (Å²) in [6.07, 6.45) is 0.613. The van der Waals surface area contributed by atoms with Crippen LogP contribution in [0.4, 0.5) is 5.69 Å². The van der Waals surface area contributed by atoms with Crippen molar-refractivity contribution in [3.8, 4) is 0 Å². The fourth-order valence-electron chi connectivity index (χ4n) is 2.54. The van der Waals surface area contributed by atoms with Crippen LogP contribution >= 0.6 is 0 Å². The van der Waals surface area contributed by atoms with E-state index in [2.05, 4.69) is 10.3 Å². The monoisotopic (exact) mass is 314 g/mol. The molecule has 0 fully saturated rings. The lowest BCUT2D eigenvalue weighted by molar-refractivity contribution is 0.0599. The molecule has 0 saturated heterocycles. The SMILES string of the molecule is CCc1[nH]c(C(=O)Nc2ccc(C)c(C)c2)c(C)c1C(=O)OC. The maximum Gasteiger partial charge on any atom is 0.339 e. The molecule has 0 aliphatic carbocycles. The first-order valence-corrected chi connectivity index (χ1v) is 7.57. The van der Waals surface area contributed by atoms with Gasteiger partial charge in [-0.1, -0.05) is 13.0 Å². The maximum atomic E-state index is 12.5. The molecule has 5 heteroatoms. The lowest BCUT2D eigenvalue weighted by Gasteiger charge is -2.07. The second-order valence-corrected chi connectivity index (χ2v) is 5.58. The number of H-pyrrole nitrogens is 1. The predicted molar refractivity (Wildman–Crippen MR) is 90.1 cm³/mol. The smallest absolute Gasteiger partial charge is 0.339 e. The first-order chi connectivity index (χ1) is 10.9. The van der Waals surface area contributed by atoms with E-state index < -0.39 is 5.97 Å². The Balaban J connectivity index is 2.34. The van der Waals surface area contributed by atoms with Gasteiger partial charge >= 0.3 is 5.97 Å². The minimum Gasteiger partial charge on any atom is -0.465 e. The molecule has 0 radical (unpaired) electrons. The third kappa shape index (κ3) is 3.28. The summed E-state index contributed by atoms with van der Waals surface area (Å²) < 4.78 is 4.81. The molecule has 0 saturated carbocycles. The van der Waals surface area contributed by atoms with Gasteiger partial charge in [-0.3, -0.25) is 4.79 Å². The van der Waals surface area contributed by atoms with Gasteiger partial charge in [0.25, 0.3) is 5.91 Å². The molecule has 0 unspecified atom stereocenters. The topological polar surface area (TPSA) is 71.2 Å². The molecule has 0 bridgehead atoms. The van der Waals surface area contributed by atoms with E-state index in [-0.39, 0.29) is 5.91 Å². The van der Waals surface area contributed by atoms with Crippen LogP contribution < -0.4 is 5.32 Å². The largest absolute Gasteiger partial charge is 0.465 e. The molecule has 2 aromatic rings. The van der Waals surface area contributed by atoms with Crippen LogP contribution in [0.3, 0.4) is 0 Å². The Bertz CT molecular complexity index is 760. The molecule has 1 amide bonds. The molecule has 1 aromatic carbocycles. The Kier molecular flexibility index (Phi) is 4.89. The van der Waals surface area contributed by atoms with Crippen molar-refractivity contribution in [2.75, 3.05) is 12.4 Å². The van der Waals surface area contributed by atoms with Crippen molar-refractivity contribution in [3.05, 3.63) is 51.8 Å². The van der Waals surface area contributed by atoms with Gasteiger partial charge in [-0.25, -0.2) is 4.79 Å². The number of amides is 1. The number of rotatable bonds is 4. The van der Waals surface area contributed by atoms with Crippen molar-refractivity contribution in [1.29, 1.82) is 0 Å². The van der Waals surface area contributed by atoms with E-state index in [9.17, 15) is 9.59 Å². The van der Waals surface area contributed by atoms with Crippen LogP contribution in [0.5, 0.6) is 0 Å². The van der Waals surface area contributed by atoms with Gasteiger partial charge in [0.05, 0.1) is 12.7 Å². The first kappa shape index (κ1) is 16.8. The fraction of sp³-hybridized carbons (Fsp3) is 0.333. The van der Waals surface area contributed by atoms with Crippen molar-refractivity contribution >= 4 is 17.6 Å². The van der Waals surface area contributed by atoms with Crippen LogP contribution in [0.2, 0.25) is 0 Å². The standard InChI is InChI=1S/C18H22N2O3/c1-6-14-15(18(22)23-5)12(4)16(20-14)17(21)19-13-8-7-10(2)11(3)9-13/h7-9,20H,6H2,1-5H3,(H,19,21). The van der Waals surface area contributed by atoms with Crippen LogP contribution in [0.1, 0.15) is 50.2 Å². The van der Waals surface area contributed by atoms with Crippen molar-refractivity contribution in [2.24, 2.45) is 0 Å². The van der Waals surface area contributed by atoms with Gasteiger partial charge in [-0.15, -0.1) is 0 Å². The van der Waals surface area contributed by atoms with Gasteiger partial charge in [-0.2, -0.15) is 0 Å². The molecule has 1 heterocycles. The Morgan fingerprint density at radius 1 is 1.17 bits per heavy atom. The quantitative estimate of drug-likeness (QED) is 0.848. The fourth-order valence-corrected chi connectivity index (χ4v) is 2.54. The summed E-state index contributed by atoms with van der Waals surface area (Å²) in [6.45, 7) is 7.68. The average Bonchev–Trinajstić information content (AvgIpc) is 2.87. The number of hydrogen-bond donors (Lipinski definition) is 2. The highest BCUT2D eigenvalue weighted by Gasteiger charge is 2.23. The first-order valence-electron chi connectivity index (χ1n) is 7.57. The predicted octanol–water partition coefficient (Wildman–Crippen LogP) is 3.54. The van der Waals surface area contributed by atoms with E-state index in [0.29, 0.717) is 28.9 Å². The number of nitrogens with one attached hydrogen (secondary N) is 2. The van der Waals surface area contributed by atoms with Gasteiger partial charge in [0, 0.05) is 11.4 Å². The van der Waals surface area contributed by atoms with Crippen molar-refractivity contribution in [1.82, 2.24) is 4.98 Å². The summed E-state index contributed by atoms with van der Waals surface area (Å²) >= 11 is 0. The third-order valence-corrected chi connectivity index (χ3v) is 4.06. The highest BCUT2D eigenvalue weighted by molar-refractivity contribution is 6.06. The molecule has 23 heavy (non-hydrogen) atoms. The Morgan fingerprint density at radius 2 is 1.87 bits per heavy atom. The van der Waals surface area contributed by atoms with E-state index >= 15 is 0 Å². The molecule has 0 aliphatic rings. The van der Waals surface area contributed by atoms with E-state index in [4.69, 9.17) is 4.74 Å². The summed E-state index contributed by atoms with van der Waals surface area (Å²) in [5, 5.41) is 2.87. The second-order valence-electron chi connectivity index (χ2n) is 5.58. The zero-order chi connectivity index (χ0) is 17.1. The number of anilines is 1. The Morgan fingerprint density at radius 3 is 2.43 bits per heavy atom. The number of methoxy groups -OCH3 is 1. The highest BCUT2D eigenvalue weighted by Crippen LogP contribution is 2.22. The number of carbonyl (C=O) groups excluding carboxylic acids is 2. The van der Waals surface area contributed by atoms with Crippen LogP contribution in [0.25, 0.3) is 0 Å². The number of ether oxygens (including phenoxy) is 1. The van der Waals surface area contributed by atoms with Crippen LogP contribution in [-0.2, 0) is 11.2 Å². The van der Waals surface area contributed by atoms with Gasteiger partial charge in [0.2, 0.25) is 0 Å². The van der Waals surface area contributed by atoms with Crippen LogP contribution in [0, 0.1) is 20.8 Å². The van der Waals surface area contributed by atoms with Crippen molar-refractivity contribution in [2.45, 2.75) is 34.1 Å². The zero-order valence-electron chi connectivity index (χ0n) is 14.2. The minimum atomic E-state index is -0.430. The van der Waals surface area contributed by atoms with Gasteiger partial charge in [0.1, 0.15) is 5.69 Å². The van der Waals surface area contributed by atoms with E-state index in [1.54, 1.807) is 6.92 Å². The second kappa shape index (κ2) is 6.69. The summed E-state index contributed by atoms with van der Waals surface area (Å²) in [7, 11) is 1.34. The molecule has 2 N–H and O–H groups in total. The van der Waals surface area contributed by atoms with Gasteiger partial charge in [0.15, 0.2) is 0 Å². The lowest BCUT2D eigenvalue weighted by atomic mass is 10.1. The summed E-state index contributed by atoms with van der Waals surface area (Å²) in [5.41, 5.74) is 5.15. The molecule has 0 aliphatic heterocycles.